The van der Waals surface area contributed by atoms with Crippen molar-refractivity contribution in [3.8, 4) is 0 Å². The molecule has 0 aliphatic heterocycles. The molecule has 1 atom stereocenters. The number of carbonyl (C=O) groups is 1. The molecule has 0 saturated carbocycles. The molecule has 0 aliphatic carbocycles. The van der Waals surface area contributed by atoms with Crippen molar-refractivity contribution in [1.82, 2.24) is 0 Å². The van der Waals surface area contributed by atoms with Crippen molar-refractivity contribution in [2.45, 2.75) is 6.92 Å². The molecule has 0 aromatic heterocycles. The van der Waals surface area contributed by atoms with Gasteiger partial charge in [0.1, 0.15) is 0 Å². The Morgan fingerprint density at radius 1 is 1.05 bits per heavy atom. The fraction of sp³-hybridized carbons (Fsp3) is 0.133. The molecule has 98 valence electrons. The molecular formula is C15H14ClO2P. The zero-order valence-corrected chi connectivity index (χ0v) is 12.4. The summed E-state index contributed by atoms with van der Waals surface area (Å²) in [7, 11) is -3.14. The molecule has 2 aromatic carbocycles. The van der Waals surface area contributed by atoms with Gasteiger partial charge in [0.2, 0.25) is 5.52 Å². The van der Waals surface area contributed by atoms with Crippen molar-refractivity contribution in [2.24, 2.45) is 0 Å². The Bertz CT molecular complexity index is 645. The van der Waals surface area contributed by atoms with Crippen LogP contribution in [-0.4, -0.2) is 12.2 Å². The van der Waals surface area contributed by atoms with Gasteiger partial charge in [-0.15, -0.1) is 0 Å². The summed E-state index contributed by atoms with van der Waals surface area (Å²) in [4.78, 5) is 12.6. The molecule has 2 aromatic rings. The molecule has 0 bridgehead atoms. The Balaban J connectivity index is 2.54. The first kappa shape index (κ1) is 14.0. The molecule has 0 heterocycles. The third-order valence-corrected chi connectivity index (χ3v) is 5.67. The van der Waals surface area contributed by atoms with E-state index in [0.717, 1.165) is 5.56 Å². The van der Waals surface area contributed by atoms with Crippen LogP contribution in [0.15, 0.2) is 48.5 Å². The number of rotatable bonds is 3. The summed E-state index contributed by atoms with van der Waals surface area (Å²) in [6.45, 7) is 3.29. The van der Waals surface area contributed by atoms with E-state index in [1.54, 1.807) is 49.4 Å². The average molecular weight is 293 g/mol. The van der Waals surface area contributed by atoms with Crippen LogP contribution in [0.25, 0.3) is 0 Å². The summed E-state index contributed by atoms with van der Waals surface area (Å²) >= 11 is 6.08. The zero-order chi connectivity index (χ0) is 14.0. The summed E-state index contributed by atoms with van der Waals surface area (Å²) in [5, 5.41) is 0.905. The third-order valence-electron chi connectivity index (χ3n) is 3.07. The monoisotopic (exact) mass is 292 g/mol. The fourth-order valence-corrected chi connectivity index (χ4v) is 4.02. The Hall–Kier alpha value is -1.37. The molecule has 0 spiro atoms. The quantitative estimate of drug-likeness (QED) is 0.798. The maximum Gasteiger partial charge on any atom is 0.227 e. The summed E-state index contributed by atoms with van der Waals surface area (Å²) in [5.74, 6) is 0. The number of benzene rings is 2. The Kier molecular flexibility index (Phi) is 3.93. The Labute approximate surface area is 117 Å². The fourth-order valence-electron chi connectivity index (χ4n) is 1.95. The van der Waals surface area contributed by atoms with Crippen LogP contribution < -0.4 is 5.30 Å². The second-order valence-corrected chi connectivity index (χ2v) is 7.67. The van der Waals surface area contributed by atoms with Gasteiger partial charge in [-0.3, -0.25) is 4.79 Å². The van der Waals surface area contributed by atoms with E-state index < -0.39 is 7.14 Å². The summed E-state index contributed by atoms with van der Waals surface area (Å²) in [6, 6.07) is 14.0. The number of aryl methyl sites for hydroxylation is 1. The van der Waals surface area contributed by atoms with Crippen LogP contribution in [0.2, 0.25) is 5.02 Å². The minimum Gasteiger partial charge on any atom is -0.310 e. The molecular weight excluding hydrogens is 279 g/mol. The van der Waals surface area contributed by atoms with Gasteiger partial charge in [-0.25, -0.2) is 0 Å². The molecule has 4 heteroatoms. The van der Waals surface area contributed by atoms with Crippen molar-refractivity contribution < 1.29 is 9.36 Å². The highest BCUT2D eigenvalue weighted by Crippen LogP contribution is 2.45. The van der Waals surface area contributed by atoms with Crippen molar-refractivity contribution >= 4 is 29.6 Å². The first-order chi connectivity index (χ1) is 8.94. The number of carbonyl (C=O) groups excluding carboxylic acids is 1. The van der Waals surface area contributed by atoms with Crippen LogP contribution in [0.5, 0.6) is 0 Å². The molecule has 19 heavy (non-hydrogen) atoms. The topological polar surface area (TPSA) is 34.1 Å². The molecule has 0 saturated heterocycles. The van der Waals surface area contributed by atoms with Gasteiger partial charge in [-0.1, -0.05) is 54.1 Å². The highest BCUT2D eigenvalue weighted by atomic mass is 35.5. The van der Waals surface area contributed by atoms with Gasteiger partial charge in [-0.05, 0) is 18.6 Å². The van der Waals surface area contributed by atoms with Crippen molar-refractivity contribution in [2.75, 3.05) is 6.66 Å². The normalized spacial score (nSPS) is 13.8. The van der Waals surface area contributed by atoms with Gasteiger partial charge in [0.15, 0.2) is 7.14 Å². The van der Waals surface area contributed by atoms with Crippen LogP contribution in [0.3, 0.4) is 0 Å². The molecule has 0 fully saturated rings. The van der Waals surface area contributed by atoms with E-state index in [2.05, 4.69) is 0 Å². The second kappa shape index (κ2) is 5.32. The third kappa shape index (κ3) is 2.65. The minimum atomic E-state index is -3.14. The highest BCUT2D eigenvalue weighted by Gasteiger charge is 2.31. The van der Waals surface area contributed by atoms with Crippen LogP contribution >= 0.6 is 18.7 Å². The van der Waals surface area contributed by atoms with Crippen LogP contribution in [0, 0.1) is 6.92 Å². The van der Waals surface area contributed by atoms with Crippen molar-refractivity contribution in [1.29, 1.82) is 0 Å². The molecule has 0 radical (unpaired) electrons. The molecule has 0 N–H and O–H groups in total. The smallest absolute Gasteiger partial charge is 0.227 e. The van der Waals surface area contributed by atoms with E-state index in [1.807, 2.05) is 6.07 Å². The van der Waals surface area contributed by atoms with E-state index in [9.17, 15) is 9.36 Å². The summed E-state index contributed by atoms with van der Waals surface area (Å²) < 4.78 is 12.8. The minimum absolute atomic E-state index is 0.350. The first-order valence-electron chi connectivity index (χ1n) is 5.87. The lowest BCUT2D eigenvalue weighted by Gasteiger charge is -2.14. The standard InChI is InChI=1S/C15H14ClO2P/c1-11-7-6-10-13(16)14(11)15(17)19(2,18)12-8-4-3-5-9-12/h3-10H,1-2H3. The maximum absolute atomic E-state index is 12.8. The summed E-state index contributed by atoms with van der Waals surface area (Å²) in [5.41, 5.74) is 0.719. The first-order valence-corrected chi connectivity index (χ1v) is 8.41. The van der Waals surface area contributed by atoms with Crippen LogP contribution in [0.1, 0.15) is 15.9 Å². The lowest BCUT2D eigenvalue weighted by Crippen LogP contribution is -2.13. The summed E-state index contributed by atoms with van der Waals surface area (Å²) in [6.07, 6.45) is 0. The van der Waals surface area contributed by atoms with Gasteiger partial charge in [-0.2, -0.15) is 0 Å². The van der Waals surface area contributed by atoms with Crippen molar-refractivity contribution in [3.63, 3.8) is 0 Å². The molecule has 0 amide bonds. The SMILES string of the molecule is Cc1cccc(Cl)c1C(=O)P(C)(=O)c1ccccc1. The number of hydrogen-bond donors (Lipinski definition) is 0. The molecule has 2 rings (SSSR count). The van der Waals surface area contributed by atoms with E-state index in [4.69, 9.17) is 11.6 Å². The lowest BCUT2D eigenvalue weighted by atomic mass is 10.1. The molecule has 2 nitrogen and oxygen atoms in total. The van der Waals surface area contributed by atoms with Gasteiger partial charge in [0.05, 0.1) is 5.02 Å². The largest absolute Gasteiger partial charge is 0.310 e. The molecule has 0 aliphatic rings. The van der Waals surface area contributed by atoms with E-state index in [0.29, 0.717) is 15.9 Å². The molecule has 1 unspecified atom stereocenters. The van der Waals surface area contributed by atoms with Gasteiger partial charge < -0.3 is 4.57 Å². The second-order valence-electron chi connectivity index (χ2n) is 4.50. The lowest BCUT2D eigenvalue weighted by molar-refractivity contribution is 0.107. The maximum atomic E-state index is 12.8. The van der Waals surface area contributed by atoms with E-state index in [1.165, 1.54) is 6.66 Å². The Morgan fingerprint density at radius 3 is 2.26 bits per heavy atom. The van der Waals surface area contributed by atoms with E-state index in [-0.39, 0.29) is 5.52 Å². The zero-order valence-electron chi connectivity index (χ0n) is 10.8. The predicted octanol–water partition coefficient (Wildman–Crippen LogP) is 4.11. The van der Waals surface area contributed by atoms with E-state index >= 15 is 0 Å². The van der Waals surface area contributed by atoms with Gasteiger partial charge >= 0.3 is 0 Å². The predicted molar refractivity (Wildman–Crippen MR) is 80.1 cm³/mol. The van der Waals surface area contributed by atoms with Gasteiger partial charge in [0.25, 0.3) is 0 Å². The van der Waals surface area contributed by atoms with Crippen molar-refractivity contribution in [3.05, 3.63) is 64.7 Å². The van der Waals surface area contributed by atoms with Crippen LogP contribution in [-0.2, 0) is 4.57 Å². The average Bonchev–Trinajstić information content (AvgIpc) is 2.39. The number of halogens is 1. The Morgan fingerprint density at radius 2 is 1.68 bits per heavy atom. The highest BCUT2D eigenvalue weighted by molar-refractivity contribution is 7.86. The van der Waals surface area contributed by atoms with Crippen LogP contribution in [0.4, 0.5) is 0 Å². The number of hydrogen-bond acceptors (Lipinski definition) is 2. The van der Waals surface area contributed by atoms with Gasteiger partial charge in [0, 0.05) is 17.5 Å².